The van der Waals surface area contributed by atoms with E-state index in [2.05, 4.69) is 49.7 Å². The zero-order valence-electron chi connectivity index (χ0n) is 21.9. The number of fused-ring (bicyclic) bond motifs is 1. The minimum Gasteiger partial charge on any atom is -0.339 e. The maximum absolute atomic E-state index is 13.5. The van der Waals surface area contributed by atoms with E-state index < -0.39 is 0 Å². The van der Waals surface area contributed by atoms with E-state index in [1.165, 1.54) is 0 Å². The Bertz CT molecular complexity index is 1480. The summed E-state index contributed by atoms with van der Waals surface area (Å²) in [5.41, 5.74) is 3.83. The number of rotatable bonds is 5. The van der Waals surface area contributed by atoms with Crippen LogP contribution in [0.1, 0.15) is 29.0 Å². The maximum atomic E-state index is 13.5. The van der Waals surface area contributed by atoms with Crippen molar-refractivity contribution in [3.63, 3.8) is 0 Å². The fraction of sp³-hybridized carbons (Fsp3) is 0.323. The summed E-state index contributed by atoms with van der Waals surface area (Å²) < 4.78 is 3.26. The number of hydrogen-bond donors (Lipinski definition) is 0. The molecule has 4 aromatic rings. The summed E-state index contributed by atoms with van der Waals surface area (Å²) in [6.45, 7) is 4.69. The van der Waals surface area contributed by atoms with E-state index in [0.717, 1.165) is 52.9 Å². The second-order valence-electron chi connectivity index (χ2n) is 10.4. The molecule has 1 aromatic heterocycles. The highest BCUT2D eigenvalue weighted by atomic mass is 79.9. The van der Waals surface area contributed by atoms with Gasteiger partial charge < -0.3 is 9.80 Å². The number of hydrogen-bond acceptors (Lipinski definition) is 4. The minimum absolute atomic E-state index is 0.0289. The van der Waals surface area contributed by atoms with Crippen LogP contribution in [0, 0.1) is 5.92 Å². The first-order valence-corrected chi connectivity index (χ1v) is 14.4. The fourth-order valence-electron chi connectivity index (χ4n) is 5.84. The average Bonchev–Trinajstić information content (AvgIpc) is 3.35. The second kappa shape index (κ2) is 11.3. The molecule has 8 heteroatoms. The van der Waals surface area contributed by atoms with Crippen LogP contribution in [0.3, 0.4) is 0 Å². The van der Waals surface area contributed by atoms with Crippen molar-refractivity contribution in [3.05, 3.63) is 94.7 Å². The summed E-state index contributed by atoms with van der Waals surface area (Å²) in [5, 5.41) is 0. The Morgan fingerprint density at radius 1 is 0.846 bits per heavy atom. The first kappa shape index (κ1) is 25.8. The largest absolute Gasteiger partial charge is 0.339 e. The number of imidazole rings is 1. The highest BCUT2D eigenvalue weighted by molar-refractivity contribution is 9.10. The van der Waals surface area contributed by atoms with Gasteiger partial charge in [-0.1, -0.05) is 52.3 Å². The standard InChI is InChI=1S/C31H32BrN5O2/c32-25-11-6-12-26(20-25)37-28-14-5-4-13-27(28)33-29(37)22-34-15-7-10-24(21-34)31(39)36-18-16-35(17-19-36)30(38)23-8-2-1-3-9-23/h1-6,8-9,11-14,20,24H,7,10,15-19,21-22H2/t24-/m0/s1. The van der Waals surface area contributed by atoms with Crippen LogP contribution in [0.2, 0.25) is 0 Å². The zero-order chi connectivity index (χ0) is 26.8. The molecule has 0 bridgehead atoms. The van der Waals surface area contributed by atoms with E-state index in [4.69, 9.17) is 4.98 Å². The maximum Gasteiger partial charge on any atom is 0.253 e. The van der Waals surface area contributed by atoms with Gasteiger partial charge >= 0.3 is 0 Å². The summed E-state index contributed by atoms with van der Waals surface area (Å²) in [7, 11) is 0. The number of halogens is 1. The van der Waals surface area contributed by atoms with Gasteiger partial charge in [-0.3, -0.25) is 19.1 Å². The van der Waals surface area contributed by atoms with Gasteiger partial charge in [0, 0.05) is 48.4 Å². The van der Waals surface area contributed by atoms with E-state index in [1.807, 2.05) is 64.4 Å². The number of likely N-dealkylation sites (tertiary alicyclic amines) is 1. The molecular weight excluding hydrogens is 554 g/mol. The highest BCUT2D eigenvalue weighted by Gasteiger charge is 2.32. The lowest BCUT2D eigenvalue weighted by Crippen LogP contribution is -2.53. The van der Waals surface area contributed by atoms with Gasteiger partial charge in [0.15, 0.2) is 0 Å². The Balaban J connectivity index is 1.13. The summed E-state index contributed by atoms with van der Waals surface area (Å²) in [5.74, 6) is 1.21. The Labute approximate surface area is 237 Å². The molecule has 0 unspecified atom stereocenters. The van der Waals surface area contributed by atoms with E-state index in [0.29, 0.717) is 38.3 Å². The third-order valence-corrected chi connectivity index (χ3v) is 8.31. The topological polar surface area (TPSA) is 61.7 Å². The van der Waals surface area contributed by atoms with Crippen molar-refractivity contribution in [2.75, 3.05) is 39.3 Å². The molecular formula is C31H32BrN5O2. The van der Waals surface area contributed by atoms with Crippen LogP contribution >= 0.6 is 15.9 Å². The molecule has 0 N–H and O–H groups in total. The van der Waals surface area contributed by atoms with Gasteiger partial charge in [-0.25, -0.2) is 4.98 Å². The van der Waals surface area contributed by atoms with E-state index >= 15 is 0 Å². The normalized spacial score (nSPS) is 18.4. The highest BCUT2D eigenvalue weighted by Crippen LogP contribution is 2.27. The number of nitrogens with zero attached hydrogens (tertiary/aromatic N) is 5. The number of piperidine rings is 1. The lowest BCUT2D eigenvalue weighted by Gasteiger charge is -2.39. The van der Waals surface area contributed by atoms with Gasteiger partial charge in [0.1, 0.15) is 5.82 Å². The summed E-state index contributed by atoms with van der Waals surface area (Å²) >= 11 is 3.61. The molecule has 3 aromatic carbocycles. The Morgan fingerprint density at radius 2 is 1.59 bits per heavy atom. The van der Waals surface area contributed by atoms with Crippen molar-refractivity contribution in [1.82, 2.24) is 24.3 Å². The number of para-hydroxylation sites is 2. The lowest BCUT2D eigenvalue weighted by molar-refractivity contribution is -0.139. The molecule has 0 aliphatic carbocycles. The molecule has 0 spiro atoms. The van der Waals surface area contributed by atoms with Crippen LogP contribution < -0.4 is 0 Å². The monoisotopic (exact) mass is 585 g/mol. The third kappa shape index (κ3) is 5.49. The Hall–Kier alpha value is -3.49. The third-order valence-electron chi connectivity index (χ3n) is 7.82. The summed E-state index contributed by atoms with van der Waals surface area (Å²) in [6.07, 6.45) is 1.89. The molecule has 2 fully saturated rings. The fourth-order valence-corrected chi connectivity index (χ4v) is 6.22. The molecule has 39 heavy (non-hydrogen) atoms. The predicted octanol–water partition coefficient (Wildman–Crippen LogP) is 4.98. The molecule has 0 radical (unpaired) electrons. The van der Waals surface area contributed by atoms with Gasteiger partial charge in [0.2, 0.25) is 5.91 Å². The number of piperazine rings is 1. The first-order chi connectivity index (χ1) is 19.1. The van der Waals surface area contributed by atoms with E-state index in [1.54, 1.807) is 0 Å². The van der Waals surface area contributed by atoms with E-state index in [-0.39, 0.29) is 17.7 Å². The smallest absolute Gasteiger partial charge is 0.253 e. The lowest BCUT2D eigenvalue weighted by atomic mass is 9.96. The van der Waals surface area contributed by atoms with Crippen LogP contribution in [-0.2, 0) is 11.3 Å². The van der Waals surface area contributed by atoms with Gasteiger partial charge in [0.05, 0.1) is 23.5 Å². The summed E-state index contributed by atoms with van der Waals surface area (Å²) in [4.78, 5) is 37.5. The Kier molecular flexibility index (Phi) is 7.48. The van der Waals surface area contributed by atoms with Gasteiger partial charge in [0.25, 0.3) is 5.91 Å². The number of carbonyl (C=O) groups is 2. The van der Waals surface area contributed by atoms with Crippen LogP contribution in [0.4, 0.5) is 0 Å². The zero-order valence-corrected chi connectivity index (χ0v) is 23.5. The molecule has 2 aliphatic rings. The molecule has 2 amide bonds. The molecule has 2 aliphatic heterocycles. The first-order valence-electron chi connectivity index (χ1n) is 13.6. The molecule has 3 heterocycles. The van der Waals surface area contributed by atoms with Crippen LogP contribution in [0.15, 0.2) is 83.3 Å². The number of benzene rings is 3. The molecule has 2 saturated heterocycles. The molecule has 7 nitrogen and oxygen atoms in total. The van der Waals surface area contributed by atoms with Crippen LogP contribution in [0.25, 0.3) is 16.7 Å². The summed E-state index contributed by atoms with van der Waals surface area (Å²) in [6, 6.07) is 25.9. The number of carbonyl (C=O) groups excluding carboxylic acids is 2. The van der Waals surface area contributed by atoms with Gasteiger partial charge in [-0.05, 0) is 61.9 Å². The van der Waals surface area contributed by atoms with Gasteiger partial charge in [-0.15, -0.1) is 0 Å². The number of aromatic nitrogens is 2. The molecule has 6 rings (SSSR count). The van der Waals surface area contributed by atoms with Crippen LogP contribution in [0.5, 0.6) is 0 Å². The second-order valence-corrected chi connectivity index (χ2v) is 11.3. The van der Waals surface area contributed by atoms with Crippen molar-refractivity contribution in [1.29, 1.82) is 0 Å². The molecule has 0 saturated carbocycles. The Morgan fingerprint density at radius 3 is 2.38 bits per heavy atom. The minimum atomic E-state index is -0.0289. The van der Waals surface area contributed by atoms with Crippen molar-refractivity contribution in [2.24, 2.45) is 5.92 Å². The van der Waals surface area contributed by atoms with Gasteiger partial charge in [-0.2, -0.15) is 0 Å². The van der Waals surface area contributed by atoms with Crippen molar-refractivity contribution in [2.45, 2.75) is 19.4 Å². The molecule has 1 atom stereocenters. The molecule has 200 valence electrons. The predicted molar refractivity (Wildman–Crippen MR) is 156 cm³/mol. The average molecular weight is 587 g/mol. The van der Waals surface area contributed by atoms with E-state index in [9.17, 15) is 9.59 Å². The quantitative estimate of drug-likeness (QED) is 0.331. The van der Waals surface area contributed by atoms with Crippen molar-refractivity contribution in [3.8, 4) is 5.69 Å². The van der Waals surface area contributed by atoms with Crippen molar-refractivity contribution >= 4 is 38.8 Å². The number of amides is 2. The van der Waals surface area contributed by atoms with Crippen LogP contribution in [-0.4, -0.2) is 75.3 Å². The van der Waals surface area contributed by atoms with Crippen molar-refractivity contribution < 1.29 is 9.59 Å². The SMILES string of the molecule is O=C(c1ccccc1)N1CCN(C(=O)[C@H]2CCCN(Cc3nc4ccccc4n3-c3cccc(Br)c3)C2)CC1.